The molecule has 0 radical (unpaired) electrons. The van der Waals surface area contributed by atoms with Gasteiger partial charge in [-0.15, -0.1) is 0 Å². The smallest absolute Gasteiger partial charge is 0.195 e. The minimum Gasteiger partial charge on any atom is -0.195 e. The number of alkyl halides is 4. The van der Waals surface area contributed by atoms with Gasteiger partial charge in [-0.2, -0.15) is 17.6 Å². The molecule has 0 aliphatic heterocycles. The van der Waals surface area contributed by atoms with E-state index in [0.717, 1.165) is 29.2 Å². The second kappa shape index (κ2) is 7.06. The van der Waals surface area contributed by atoms with Crippen LogP contribution in [0.2, 0.25) is 0 Å². The Morgan fingerprint density at radius 1 is 0.857 bits per heavy atom. The number of benzene rings is 2. The lowest BCUT2D eigenvalue weighted by Crippen LogP contribution is -2.38. The van der Waals surface area contributed by atoms with Gasteiger partial charge in [-0.25, -0.2) is 0 Å². The first-order chi connectivity index (χ1) is 13.3. The Morgan fingerprint density at radius 3 is 2.14 bits per heavy atom. The normalized spacial score (nSPS) is 25.3. The summed E-state index contributed by atoms with van der Waals surface area (Å²) in [6.07, 6.45) is 7.63. The predicted octanol–water partition coefficient (Wildman–Crippen LogP) is 7.79. The van der Waals surface area contributed by atoms with Gasteiger partial charge in [0.2, 0.25) is 0 Å². The summed E-state index contributed by atoms with van der Waals surface area (Å²) in [5.74, 6) is -6.90. The van der Waals surface area contributed by atoms with Crippen LogP contribution in [0.5, 0.6) is 0 Å². The molecule has 0 unspecified atom stereocenters. The summed E-state index contributed by atoms with van der Waals surface area (Å²) in [4.78, 5) is 0. The van der Waals surface area contributed by atoms with Gasteiger partial charge in [-0.3, -0.25) is 0 Å². The van der Waals surface area contributed by atoms with Gasteiger partial charge in [0, 0.05) is 5.56 Å². The van der Waals surface area contributed by atoms with E-state index in [9.17, 15) is 17.6 Å². The monoisotopic (exact) mass is 388 g/mol. The summed E-state index contributed by atoms with van der Waals surface area (Å²) in [6, 6.07) is 12.4. The van der Waals surface area contributed by atoms with Crippen molar-refractivity contribution in [1.82, 2.24) is 0 Å². The van der Waals surface area contributed by atoms with E-state index in [0.29, 0.717) is 12.0 Å². The van der Waals surface area contributed by atoms with Crippen LogP contribution in [0.1, 0.15) is 61.6 Å². The predicted molar refractivity (Wildman–Crippen MR) is 105 cm³/mol. The van der Waals surface area contributed by atoms with Crippen molar-refractivity contribution in [3.63, 3.8) is 0 Å². The van der Waals surface area contributed by atoms with Gasteiger partial charge >= 0.3 is 11.8 Å². The summed E-state index contributed by atoms with van der Waals surface area (Å²) in [6.45, 7) is 2.25. The highest BCUT2D eigenvalue weighted by Crippen LogP contribution is 2.49. The average Bonchev–Trinajstić information content (AvgIpc) is 2.71. The molecule has 0 bridgehead atoms. The third kappa shape index (κ3) is 3.27. The van der Waals surface area contributed by atoms with Gasteiger partial charge in [0.05, 0.1) is 0 Å². The van der Waals surface area contributed by atoms with Crippen LogP contribution < -0.4 is 0 Å². The molecule has 148 valence electrons. The molecule has 2 aromatic carbocycles. The van der Waals surface area contributed by atoms with Crippen LogP contribution in [0.25, 0.3) is 17.2 Å². The largest absolute Gasteiger partial charge is 0.339 e. The molecule has 0 nitrogen and oxygen atoms in total. The number of fused-ring (bicyclic) bond motifs is 1. The van der Waals surface area contributed by atoms with Crippen LogP contribution in [-0.4, -0.2) is 5.92 Å². The third-order valence-corrected chi connectivity index (χ3v) is 6.42. The lowest BCUT2D eigenvalue weighted by molar-refractivity contribution is -0.187. The average molecular weight is 388 g/mol. The van der Waals surface area contributed by atoms with Crippen LogP contribution in [0.4, 0.5) is 17.6 Å². The van der Waals surface area contributed by atoms with Gasteiger partial charge in [0.1, 0.15) is 0 Å². The van der Waals surface area contributed by atoms with Crippen molar-refractivity contribution in [1.29, 1.82) is 0 Å². The standard InChI is InChI=1S/C24H24F4/c1-2-16-3-5-17(6-4-16)18-7-9-19(10-8-18)20-11-12-22-21(15-20)13-14-23(25,26)24(22,27)28/h7-17H,2-6H2,1H3. The molecular weight excluding hydrogens is 364 g/mol. The Morgan fingerprint density at radius 2 is 1.50 bits per heavy atom. The minimum absolute atomic E-state index is 0.149. The first-order valence-electron chi connectivity index (χ1n) is 10.0. The summed E-state index contributed by atoms with van der Waals surface area (Å²) < 4.78 is 55.1. The van der Waals surface area contributed by atoms with Gasteiger partial charge in [-0.05, 0) is 71.9 Å². The molecule has 0 N–H and O–H groups in total. The maximum Gasteiger partial charge on any atom is 0.339 e. The number of rotatable bonds is 3. The second-order valence-electron chi connectivity index (χ2n) is 8.08. The fourth-order valence-electron chi connectivity index (χ4n) is 4.50. The van der Waals surface area contributed by atoms with E-state index < -0.39 is 17.4 Å². The van der Waals surface area contributed by atoms with E-state index in [1.54, 1.807) is 6.07 Å². The van der Waals surface area contributed by atoms with E-state index >= 15 is 0 Å². The summed E-state index contributed by atoms with van der Waals surface area (Å²) in [5, 5.41) is 0. The van der Waals surface area contributed by atoms with Crippen molar-refractivity contribution in [2.24, 2.45) is 5.92 Å². The van der Waals surface area contributed by atoms with E-state index in [4.69, 9.17) is 0 Å². The maximum atomic E-state index is 14.0. The fourth-order valence-corrected chi connectivity index (χ4v) is 4.50. The van der Waals surface area contributed by atoms with E-state index in [1.165, 1.54) is 43.7 Å². The van der Waals surface area contributed by atoms with Crippen molar-refractivity contribution in [3.05, 3.63) is 65.2 Å². The highest BCUT2D eigenvalue weighted by Gasteiger charge is 2.57. The van der Waals surface area contributed by atoms with Crippen LogP contribution in [-0.2, 0) is 5.92 Å². The summed E-state index contributed by atoms with van der Waals surface area (Å²) >= 11 is 0. The number of allylic oxidation sites excluding steroid dienone is 1. The topological polar surface area (TPSA) is 0 Å². The lowest BCUT2D eigenvalue weighted by atomic mass is 9.77. The first kappa shape index (κ1) is 19.2. The first-order valence-corrected chi connectivity index (χ1v) is 10.0. The van der Waals surface area contributed by atoms with Gasteiger partial charge in [0.15, 0.2) is 0 Å². The van der Waals surface area contributed by atoms with Crippen molar-refractivity contribution in [3.8, 4) is 11.1 Å². The fraction of sp³-hybridized carbons (Fsp3) is 0.417. The highest BCUT2D eigenvalue weighted by atomic mass is 19.3. The molecule has 28 heavy (non-hydrogen) atoms. The number of hydrogen-bond acceptors (Lipinski definition) is 0. The Kier molecular flexibility index (Phi) is 4.84. The van der Waals surface area contributed by atoms with Crippen molar-refractivity contribution >= 4 is 6.08 Å². The molecule has 0 heterocycles. The number of hydrogen-bond donors (Lipinski definition) is 0. The van der Waals surface area contributed by atoms with Crippen LogP contribution in [0.3, 0.4) is 0 Å². The van der Waals surface area contributed by atoms with Crippen molar-refractivity contribution in [2.75, 3.05) is 0 Å². The second-order valence-corrected chi connectivity index (χ2v) is 8.08. The molecule has 4 rings (SSSR count). The highest BCUT2D eigenvalue weighted by molar-refractivity contribution is 5.71. The Hall–Kier alpha value is -2.10. The summed E-state index contributed by atoms with van der Waals surface area (Å²) in [7, 11) is 0. The molecule has 0 aromatic heterocycles. The minimum atomic E-state index is -4.18. The SMILES string of the molecule is CCC1CCC(c2ccc(-c3ccc4c(c3)C=CC(F)(F)C4(F)F)cc2)CC1. The quantitative estimate of drug-likeness (QED) is 0.471. The van der Waals surface area contributed by atoms with E-state index in [-0.39, 0.29) is 5.56 Å². The molecule has 1 saturated carbocycles. The molecular formula is C24H24F4. The van der Waals surface area contributed by atoms with Crippen molar-refractivity contribution in [2.45, 2.75) is 56.8 Å². The van der Waals surface area contributed by atoms with E-state index in [1.807, 2.05) is 12.1 Å². The lowest BCUT2D eigenvalue weighted by Gasteiger charge is -2.29. The zero-order valence-electron chi connectivity index (χ0n) is 15.9. The van der Waals surface area contributed by atoms with E-state index in [2.05, 4.69) is 19.1 Å². The third-order valence-electron chi connectivity index (χ3n) is 6.42. The summed E-state index contributed by atoms with van der Waals surface area (Å²) in [5.41, 5.74) is 2.51. The zero-order valence-corrected chi connectivity index (χ0v) is 15.9. The molecule has 0 saturated heterocycles. The molecule has 0 amide bonds. The number of halogens is 4. The van der Waals surface area contributed by atoms with Gasteiger partial charge < -0.3 is 0 Å². The van der Waals surface area contributed by atoms with Gasteiger partial charge in [-0.1, -0.05) is 55.8 Å². The zero-order chi connectivity index (χ0) is 19.9. The Bertz CT molecular complexity index is 872. The molecule has 1 fully saturated rings. The Labute approximate surface area is 163 Å². The molecule has 2 aliphatic carbocycles. The molecule has 2 aromatic rings. The molecule has 2 aliphatic rings. The Balaban J connectivity index is 1.56. The van der Waals surface area contributed by atoms with Crippen LogP contribution in [0.15, 0.2) is 48.5 Å². The molecule has 4 heteroatoms. The van der Waals surface area contributed by atoms with Crippen molar-refractivity contribution < 1.29 is 17.6 Å². The molecule has 0 atom stereocenters. The van der Waals surface area contributed by atoms with Gasteiger partial charge in [0.25, 0.3) is 0 Å². The maximum absolute atomic E-state index is 14.0. The van der Waals surface area contributed by atoms with Crippen LogP contribution >= 0.6 is 0 Å². The van der Waals surface area contributed by atoms with Crippen LogP contribution in [0, 0.1) is 5.92 Å². The molecule has 0 spiro atoms.